The molecule has 1 amide bonds. The summed E-state index contributed by atoms with van der Waals surface area (Å²) in [4.78, 5) is 15.4. The lowest BCUT2D eigenvalue weighted by Gasteiger charge is -2.29. The lowest BCUT2D eigenvalue weighted by Crippen LogP contribution is -2.40. The van der Waals surface area contributed by atoms with Gasteiger partial charge in [-0.05, 0) is 49.2 Å². The number of amides is 1. The van der Waals surface area contributed by atoms with Gasteiger partial charge in [0.1, 0.15) is 5.75 Å². The molecule has 0 unspecified atom stereocenters. The van der Waals surface area contributed by atoms with Gasteiger partial charge in [0.2, 0.25) is 0 Å². The highest BCUT2D eigenvalue weighted by Gasteiger charge is 2.33. The number of piperidine rings is 1. The molecule has 0 N–H and O–H groups in total. The molecule has 2 aromatic rings. The topological polar surface area (TPSA) is 45.1 Å². The smallest absolute Gasteiger partial charge is 0.257 e. The fraction of sp³-hybridized carbons (Fsp3) is 0.391. The summed E-state index contributed by atoms with van der Waals surface area (Å²) < 4.78 is 5.28. The van der Waals surface area contributed by atoms with Gasteiger partial charge >= 0.3 is 0 Å². The van der Waals surface area contributed by atoms with E-state index in [9.17, 15) is 4.79 Å². The molecule has 1 atom stereocenters. The summed E-state index contributed by atoms with van der Waals surface area (Å²) in [5.74, 6) is 0.894. The lowest BCUT2D eigenvalue weighted by atomic mass is 9.98. The van der Waals surface area contributed by atoms with Crippen LogP contribution in [0.2, 0.25) is 0 Å². The van der Waals surface area contributed by atoms with Crippen LogP contribution in [-0.4, -0.2) is 48.3 Å². The molecule has 5 nitrogen and oxygen atoms in total. The van der Waals surface area contributed by atoms with Gasteiger partial charge in [-0.1, -0.05) is 48.9 Å². The van der Waals surface area contributed by atoms with Crippen LogP contribution in [0.4, 0.5) is 0 Å². The number of likely N-dealkylation sites (tertiary alicyclic amines) is 1. The number of carbonyl (C=O) groups is 1. The normalized spacial score (nSPS) is 20.1. The van der Waals surface area contributed by atoms with Crippen molar-refractivity contribution in [3.05, 3.63) is 65.7 Å². The van der Waals surface area contributed by atoms with Gasteiger partial charge in [-0.2, -0.15) is 5.10 Å². The number of benzene rings is 2. The van der Waals surface area contributed by atoms with Gasteiger partial charge in [0.05, 0.1) is 25.4 Å². The van der Waals surface area contributed by atoms with E-state index < -0.39 is 0 Å². The standard InChI is InChI=1S/C23H27N3O2/c1-28-20-12-10-19(11-13-20)22-16-21(18-8-4-2-5-9-18)24-26(22)23(27)17-25-14-6-3-7-15-25/h2,4-5,8-13,22H,3,6-7,14-17H2,1H3/t22-/m1/s1. The molecule has 2 aromatic carbocycles. The van der Waals surface area contributed by atoms with Crippen LogP contribution in [0.25, 0.3) is 0 Å². The van der Waals surface area contributed by atoms with Crippen LogP contribution in [-0.2, 0) is 4.79 Å². The first-order valence-corrected chi connectivity index (χ1v) is 10.1. The van der Waals surface area contributed by atoms with Gasteiger partial charge in [-0.25, -0.2) is 5.01 Å². The summed E-state index contributed by atoms with van der Waals surface area (Å²) in [6.45, 7) is 2.45. The third-order valence-corrected chi connectivity index (χ3v) is 5.58. The minimum absolute atomic E-state index is 0.0709. The Morgan fingerprint density at radius 2 is 1.75 bits per heavy atom. The SMILES string of the molecule is COc1ccc([C@H]2CC(c3ccccc3)=NN2C(=O)CN2CCCCC2)cc1. The third-order valence-electron chi connectivity index (χ3n) is 5.58. The molecule has 0 aromatic heterocycles. The number of carbonyl (C=O) groups excluding carboxylic acids is 1. The molecule has 0 spiro atoms. The largest absolute Gasteiger partial charge is 0.497 e. The summed E-state index contributed by atoms with van der Waals surface area (Å²) in [5, 5.41) is 6.47. The van der Waals surface area contributed by atoms with Crippen molar-refractivity contribution in [1.29, 1.82) is 0 Å². The second-order valence-corrected chi connectivity index (χ2v) is 7.48. The number of methoxy groups -OCH3 is 1. The number of nitrogens with zero attached hydrogens (tertiary/aromatic N) is 3. The number of hydrogen-bond donors (Lipinski definition) is 0. The predicted octanol–water partition coefficient (Wildman–Crippen LogP) is 3.86. The van der Waals surface area contributed by atoms with E-state index in [0.29, 0.717) is 6.54 Å². The Morgan fingerprint density at radius 3 is 2.43 bits per heavy atom. The Morgan fingerprint density at radius 1 is 1.04 bits per heavy atom. The Labute approximate surface area is 166 Å². The monoisotopic (exact) mass is 377 g/mol. The summed E-state index contributed by atoms with van der Waals surface area (Å²) in [5.41, 5.74) is 3.13. The first-order chi connectivity index (χ1) is 13.7. The van der Waals surface area contributed by atoms with E-state index in [-0.39, 0.29) is 11.9 Å². The zero-order valence-electron chi connectivity index (χ0n) is 16.4. The number of hydrazone groups is 1. The van der Waals surface area contributed by atoms with Crippen LogP contribution < -0.4 is 4.74 Å². The van der Waals surface area contributed by atoms with E-state index in [0.717, 1.165) is 42.1 Å². The van der Waals surface area contributed by atoms with Crippen LogP contribution in [0.3, 0.4) is 0 Å². The van der Waals surface area contributed by atoms with Crippen molar-refractivity contribution in [2.24, 2.45) is 5.10 Å². The summed E-state index contributed by atoms with van der Waals surface area (Å²) in [6, 6.07) is 18.0. The van der Waals surface area contributed by atoms with E-state index in [4.69, 9.17) is 9.84 Å². The Kier molecular flexibility index (Phi) is 5.72. The number of rotatable bonds is 5. The number of hydrogen-bond acceptors (Lipinski definition) is 4. The van der Waals surface area contributed by atoms with Crippen LogP contribution in [0.1, 0.15) is 42.9 Å². The highest BCUT2D eigenvalue weighted by atomic mass is 16.5. The molecule has 146 valence electrons. The second-order valence-electron chi connectivity index (χ2n) is 7.48. The van der Waals surface area contributed by atoms with E-state index >= 15 is 0 Å². The van der Waals surface area contributed by atoms with E-state index in [1.165, 1.54) is 19.3 Å². The molecule has 2 heterocycles. The van der Waals surface area contributed by atoms with Crippen LogP contribution in [0, 0.1) is 0 Å². The fourth-order valence-corrected chi connectivity index (χ4v) is 4.01. The molecule has 1 fully saturated rings. The van der Waals surface area contributed by atoms with Crippen LogP contribution in [0.15, 0.2) is 59.7 Å². The molecule has 4 rings (SSSR count). The molecule has 2 aliphatic heterocycles. The van der Waals surface area contributed by atoms with Crippen LogP contribution >= 0.6 is 0 Å². The number of ether oxygens (including phenoxy) is 1. The quantitative estimate of drug-likeness (QED) is 0.795. The predicted molar refractivity (Wildman–Crippen MR) is 110 cm³/mol. The Hall–Kier alpha value is -2.66. The first kappa shape index (κ1) is 18.7. The van der Waals surface area contributed by atoms with Gasteiger partial charge in [0.15, 0.2) is 0 Å². The zero-order valence-corrected chi connectivity index (χ0v) is 16.4. The molecular weight excluding hydrogens is 350 g/mol. The average molecular weight is 377 g/mol. The third kappa shape index (κ3) is 4.09. The Bertz CT molecular complexity index is 827. The van der Waals surface area contributed by atoms with Gasteiger partial charge in [-0.3, -0.25) is 9.69 Å². The van der Waals surface area contributed by atoms with E-state index in [2.05, 4.69) is 17.0 Å². The molecule has 2 aliphatic rings. The molecule has 0 aliphatic carbocycles. The molecular formula is C23H27N3O2. The maximum absolute atomic E-state index is 13.1. The zero-order chi connectivity index (χ0) is 19.3. The average Bonchev–Trinajstić information content (AvgIpc) is 3.21. The molecule has 0 bridgehead atoms. The molecule has 0 saturated carbocycles. The maximum atomic E-state index is 13.1. The molecule has 28 heavy (non-hydrogen) atoms. The molecule has 1 saturated heterocycles. The van der Waals surface area contributed by atoms with Gasteiger partial charge in [-0.15, -0.1) is 0 Å². The maximum Gasteiger partial charge on any atom is 0.257 e. The van der Waals surface area contributed by atoms with E-state index in [1.54, 1.807) is 12.1 Å². The highest BCUT2D eigenvalue weighted by Crippen LogP contribution is 2.33. The highest BCUT2D eigenvalue weighted by molar-refractivity contribution is 6.03. The Balaban J connectivity index is 1.58. The van der Waals surface area contributed by atoms with Crippen molar-refractivity contribution in [3.63, 3.8) is 0 Å². The summed E-state index contributed by atoms with van der Waals surface area (Å²) in [6.07, 6.45) is 4.34. The molecule has 0 radical (unpaired) electrons. The van der Waals surface area contributed by atoms with Gasteiger partial charge in [0, 0.05) is 6.42 Å². The van der Waals surface area contributed by atoms with Crippen molar-refractivity contribution in [3.8, 4) is 5.75 Å². The van der Waals surface area contributed by atoms with Crippen molar-refractivity contribution in [2.45, 2.75) is 31.7 Å². The van der Waals surface area contributed by atoms with Gasteiger partial charge < -0.3 is 4.74 Å². The minimum atomic E-state index is -0.0709. The van der Waals surface area contributed by atoms with Crippen LogP contribution in [0.5, 0.6) is 5.75 Å². The summed E-state index contributed by atoms with van der Waals surface area (Å²) >= 11 is 0. The van der Waals surface area contributed by atoms with E-state index in [1.807, 2.05) is 42.5 Å². The second kappa shape index (κ2) is 8.57. The van der Waals surface area contributed by atoms with Crippen molar-refractivity contribution < 1.29 is 9.53 Å². The van der Waals surface area contributed by atoms with Gasteiger partial charge in [0.25, 0.3) is 5.91 Å². The molecule has 5 heteroatoms. The van der Waals surface area contributed by atoms with Crippen molar-refractivity contribution >= 4 is 11.6 Å². The summed E-state index contributed by atoms with van der Waals surface area (Å²) in [7, 11) is 1.66. The first-order valence-electron chi connectivity index (χ1n) is 10.1. The van der Waals surface area contributed by atoms with Crippen molar-refractivity contribution in [2.75, 3.05) is 26.7 Å². The fourth-order valence-electron chi connectivity index (χ4n) is 4.01. The van der Waals surface area contributed by atoms with Crippen molar-refractivity contribution in [1.82, 2.24) is 9.91 Å². The minimum Gasteiger partial charge on any atom is -0.497 e. The lowest BCUT2D eigenvalue weighted by molar-refractivity contribution is -0.134.